The molecule has 1 fully saturated rings. The molecule has 2 rings (SSSR count). The molecule has 0 aliphatic heterocycles. The summed E-state index contributed by atoms with van der Waals surface area (Å²) in [7, 11) is 0. The van der Waals surface area contributed by atoms with Crippen LogP contribution in [-0.4, -0.2) is 10.7 Å². The van der Waals surface area contributed by atoms with Crippen LogP contribution in [0.4, 0.5) is 8.78 Å². The van der Waals surface area contributed by atoms with Crippen molar-refractivity contribution in [3.05, 3.63) is 35.4 Å². The second kappa shape index (κ2) is 5.80. The fourth-order valence-corrected chi connectivity index (χ4v) is 3.76. The Hall–Kier alpha value is -0.960. The molecule has 1 aromatic carbocycles. The summed E-state index contributed by atoms with van der Waals surface area (Å²) in [6, 6.07) is 3.47. The molecule has 0 saturated heterocycles. The molecule has 112 valence electrons. The van der Waals surface area contributed by atoms with Gasteiger partial charge in [-0.1, -0.05) is 27.2 Å². The van der Waals surface area contributed by atoms with Crippen LogP contribution in [0.5, 0.6) is 0 Å². The fraction of sp³-hybridized carbons (Fsp3) is 0.647. The molecule has 3 unspecified atom stereocenters. The highest BCUT2D eigenvalue weighted by molar-refractivity contribution is 5.21. The summed E-state index contributed by atoms with van der Waals surface area (Å²) in [4.78, 5) is 0. The summed E-state index contributed by atoms with van der Waals surface area (Å²) in [5.74, 6) is 0.0209. The predicted molar refractivity (Wildman–Crippen MR) is 76.4 cm³/mol. The average Bonchev–Trinajstić information content (AvgIpc) is 2.32. The summed E-state index contributed by atoms with van der Waals surface area (Å²) in [6.07, 6.45) is 2.90. The fourth-order valence-electron chi connectivity index (χ4n) is 3.76. The average molecular weight is 282 g/mol. The highest BCUT2D eigenvalue weighted by Gasteiger charge is 2.43. The smallest absolute Gasteiger partial charge is 0.126 e. The third kappa shape index (κ3) is 3.20. The monoisotopic (exact) mass is 282 g/mol. The van der Waals surface area contributed by atoms with Crippen LogP contribution in [0.25, 0.3) is 0 Å². The van der Waals surface area contributed by atoms with Crippen LogP contribution in [0.2, 0.25) is 0 Å². The minimum Gasteiger partial charge on any atom is -0.389 e. The van der Waals surface area contributed by atoms with Gasteiger partial charge in [-0.3, -0.25) is 0 Å². The number of benzene rings is 1. The van der Waals surface area contributed by atoms with Crippen molar-refractivity contribution in [2.45, 2.75) is 52.1 Å². The molecular formula is C17H24F2O. The van der Waals surface area contributed by atoms with Gasteiger partial charge < -0.3 is 5.11 Å². The molecule has 1 saturated carbocycles. The van der Waals surface area contributed by atoms with E-state index in [4.69, 9.17) is 0 Å². The lowest BCUT2D eigenvalue weighted by Gasteiger charge is -2.45. The molecule has 20 heavy (non-hydrogen) atoms. The number of halogens is 2. The Morgan fingerprint density at radius 3 is 2.65 bits per heavy atom. The van der Waals surface area contributed by atoms with Gasteiger partial charge in [0.15, 0.2) is 0 Å². The molecule has 1 aliphatic rings. The van der Waals surface area contributed by atoms with E-state index in [2.05, 4.69) is 20.8 Å². The molecule has 0 radical (unpaired) electrons. The maximum atomic E-state index is 13.8. The zero-order valence-electron chi connectivity index (χ0n) is 12.5. The van der Waals surface area contributed by atoms with Crippen LogP contribution in [-0.2, 0) is 6.42 Å². The van der Waals surface area contributed by atoms with E-state index in [1.54, 1.807) is 0 Å². The normalized spacial score (nSPS) is 30.8. The largest absolute Gasteiger partial charge is 0.389 e. The first-order chi connectivity index (χ1) is 9.32. The van der Waals surface area contributed by atoms with Gasteiger partial charge in [-0.2, -0.15) is 0 Å². The van der Waals surface area contributed by atoms with Crippen molar-refractivity contribution in [2.24, 2.45) is 17.8 Å². The van der Waals surface area contributed by atoms with Crippen LogP contribution in [0.1, 0.15) is 45.6 Å². The van der Waals surface area contributed by atoms with E-state index in [0.717, 1.165) is 25.0 Å². The predicted octanol–water partition coefficient (Wildman–Crippen LogP) is 4.33. The molecule has 0 spiro atoms. The van der Waals surface area contributed by atoms with Crippen LogP contribution in [0.15, 0.2) is 18.2 Å². The lowest BCUT2D eigenvalue weighted by molar-refractivity contribution is -0.0799. The first-order valence-electron chi connectivity index (χ1n) is 7.48. The summed E-state index contributed by atoms with van der Waals surface area (Å²) in [6.45, 7) is 6.30. The van der Waals surface area contributed by atoms with Crippen molar-refractivity contribution in [2.75, 3.05) is 0 Å². The third-order valence-electron chi connectivity index (χ3n) is 4.67. The van der Waals surface area contributed by atoms with Gasteiger partial charge in [-0.05, 0) is 54.4 Å². The second-order valence-corrected chi connectivity index (χ2v) is 6.75. The van der Waals surface area contributed by atoms with E-state index in [-0.39, 0.29) is 17.9 Å². The van der Waals surface area contributed by atoms with Crippen molar-refractivity contribution in [1.29, 1.82) is 0 Å². The Bertz CT molecular complexity index is 472. The van der Waals surface area contributed by atoms with Crippen molar-refractivity contribution in [3.63, 3.8) is 0 Å². The quantitative estimate of drug-likeness (QED) is 0.875. The van der Waals surface area contributed by atoms with E-state index < -0.39 is 17.2 Å². The van der Waals surface area contributed by atoms with Gasteiger partial charge in [-0.15, -0.1) is 0 Å². The maximum Gasteiger partial charge on any atom is 0.126 e. The Morgan fingerprint density at radius 1 is 1.30 bits per heavy atom. The standard InChI is InChI=1S/C17H24F2O/c1-11(2)15-6-4-12(3)9-17(15,20)10-13-8-14(18)5-7-16(13)19/h5,7-8,11-12,15,20H,4,6,9-10H2,1-3H3. The maximum absolute atomic E-state index is 13.8. The summed E-state index contributed by atoms with van der Waals surface area (Å²) in [5.41, 5.74) is -0.646. The zero-order valence-corrected chi connectivity index (χ0v) is 12.5. The second-order valence-electron chi connectivity index (χ2n) is 6.75. The molecule has 0 bridgehead atoms. The molecule has 0 heterocycles. The lowest BCUT2D eigenvalue weighted by Crippen LogP contribution is -2.47. The number of hydrogen-bond acceptors (Lipinski definition) is 1. The number of rotatable bonds is 3. The van der Waals surface area contributed by atoms with Gasteiger partial charge >= 0.3 is 0 Å². The van der Waals surface area contributed by atoms with E-state index in [1.165, 1.54) is 6.07 Å². The van der Waals surface area contributed by atoms with Crippen LogP contribution >= 0.6 is 0 Å². The van der Waals surface area contributed by atoms with Crippen molar-refractivity contribution in [1.82, 2.24) is 0 Å². The van der Waals surface area contributed by atoms with E-state index in [9.17, 15) is 13.9 Å². The van der Waals surface area contributed by atoms with Gasteiger partial charge in [0.25, 0.3) is 0 Å². The molecule has 1 aromatic rings. The van der Waals surface area contributed by atoms with E-state index in [0.29, 0.717) is 18.3 Å². The molecule has 0 aromatic heterocycles. The van der Waals surface area contributed by atoms with Crippen LogP contribution in [0, 0.1) is 29.4 Å². The van der Waals surface area contributed by atoms with Gasteiger partial charge in [0.1, 0.15) is 11.6 Å². The zero-order chi connectivity index (χ0) is 14.9. The van der Waals surface area contributed by atoms with Gasteiger partial charge in [0.2, 0.25) is 0 Å². The summed E-state index contributed by atoms with van der Waals surface area (Å²) in [5, 5.41) is 11.1. The Balaban J connectivity index is 2.28. The lowest BCUT2D eigenvalue weighted by atomic mass is 9.65. The van der Waals surface area contributed by atoms with Crippen molar-refractivity contribution in [3.8, 4) is 0 Å². The number of aliphatic hydroxyl groups is 1. The minimum absolute atomic E-state index is 0.140. The van der Waals surface area contributed by atoms with Gasteiger partial charge in [-0.25, -0.2) is 8.78 Å². The topological polar surface area (TPSA) is 20.2 Å². The SMILES string of the molecule is CC1CCC(C(C)C)C(O)(Cc2cc(F)ccc2F)C1. The van der Waals surface area contributed by atoms with E-state index >= 15 is 0 Å². The molecule has 3 heteroatoms. The molecule has 1 aliphatic carbocycles. The summed E-state index contributed by atoms with van der Waals surface area (Å²) < 4.78 is 27.2. The highest BCUT2D eigenvalue weighted by Crippen LogP contribution is 2.43. The molecule has 3 atom stereocenters. The van der Waals surface area contributed by atoms with Crippen molar-refractivity contribution >= 4 is 0 Å². The Kier molecular flexibility index (Phi) is 4.48. The highest BCUT2D eigenvalue weighted by atomic mass is 19.1. The van der Waals surface area contributed by atoms with Crippen LogP contribution in [0.3, 0.4) is 0 Å². The summed E-state index contributed by atoms with van der Waals surface area (Å²) >= 11 is 0. The van der Waals surface area contributed by atoms with E-state index in [1.807, 2.05) is 0 Å². The first kappa shape index (κ1) is 15.4. The Labute approximate surface area is 120 Å². The molecule has 1 N–H and O–H groups in total. The Morgan fingerprint density at radius 2 is 2.00 bits per heavy atom. The molecule has 0 amide bonds. The minimum atomic E-state index is -0.930. The third-order valence-corrected chi connectivity index (χ3v) is 4.67. The van der Waals surface area contributed by atoms with Gasteiger partial charge in [0.05, 0.1) is 5.60 Å². The van der Waals surface area contributed by atoms with Crippen LogP contribution < -0.4 is 0 Å². The van der Waals surface area contributed by atoms with Gasteiger partial charge in [0, 0.05) is 6.42 Å². The molecular weight excluding hydrogens is 258 g/mol. The number of hydrogen-bond donors (Lipinski definition) is 1. The molecule has 1 nitrogen and oxygen atoms in total. The van der Waals surface area contributed by atoms with Crippen molar-refractivity contribution < 1.29 is 13.9 Å². The first-order valence-corrected chi connectivity index (χ1v) is 7.48.